The molecule has 25 heavy (non-hydrogen) atoms. The lowest BCUT2D eigenvalue weighted by Gasteiger charge is -2.20. The zero-order valence-electron chi connectivity index (χ0n) is 13.7. The number of nitrogens with zero attached hydrogens (tertiary/aromatic N) is 3. The minimum atomic E-state index is -0.336. The van der Waals surface area contributed by atoms with E-state index in [0.29, 0.717) is 42.4 Å². The molecule has 3 heterocycles. The van der Waals surface area contributed by atoms with Crippen molar-refractivity contribution in [2.45, 2.75) is 13.0 Å². The fraction of sp³-hybridized carbons (Fsp3) is 0.333. The molecule has 4 rings (SSSR count). The first-order valence-electron chi connectivity index (χ1n) is 8.29. The molecule has 0 aliphatic carbocycles. The first-order chi connectivity index (χ1) is 12.2. The third-order valence-electron chi connectivity index (χ3n) is 4.36. The summed E-state index contributed by atoms with van der Waals surface area (Å²) in [6.45, 7) is 3.41. The van der Waals surface area contributed by atoms with Gasteiger partial charge in [-0.3, -0.25) is 9.69 Å². The van der Waals surface area contributed by atoms with E-state index >= 15 is 0 Å². The Hall–Kier alpha value is -2.67. The van der Waals surface area contributed by atoms with Crippen molar-refractivity contribution in [1.29, 1.82) is 0 Å². The molecule has 1 aliphatic heterocycles. The molecule has 1 saturated heterocycles. The topological polar surface area (TPSA) is 62.7 Å². The second kappa shape index (κ2) is 6.68. The summed E-state index contributed by atoms with van der Waals surface area (Å²) in [5, 5.41) is 0. The van der Waals surface area contributed by atoms with Gasteiger partial charge in [-0.15, -0.1) is 0 Å². The van der Waals surface area contributed by atoms with Crippen molar-refractivity contribution in [3.05, 3.63) is 54.1 Å². The first-order valence-corrected chi connectivity index (χ1v) is 8.29. The Bertz CT molecular complexity index is 875. The van der Waals surface area contributed by atoms with Gasteiger partial charge in [0.15, 0.2) is 11.3 Å². The summed E-state index contributed by atoms with van der Waals surface area (Å²) in [5.41, 5.74) is 1.11. The highest BCUT2D eigenvalue weighted by atomic mass is 19.1. The maximum atomic E-state index is 13.3. The van der Waals surface area contributed by atoms with Crippen LogP contribution in [-0.4, -0.2) is 46.9 Å². The number of hydrogen-bond acceptors (Lipinski definition) is 5. The SMILES string of the molecule is O=C(c1ccco1)N1CCCN(Cc2nc3ccc(F)cc3o2)CC1. The van der Waals surface area contributed by atoms with Crippen molar-refractivity contribution < 1.29 is 18.0 Å². The molecular weight excluding hydrogens is 325 g/mol. The Labute approximate surface area is 143 Å². The standard InChI is InChI=1S/C18H18FN3O3/c19-13-4-5-14-16(11-13)25-17(20-14)12-21-6-2-7-22(9-8-21)18(23)15-3-1-10-24-15/h1,3-5,10-11H,2,6-9,12H2. The second-order valence-corrected chi connectivity index (χ2v) is 6.12. The van der Waals surface area contributed by atoms with Crippen LogP contribution in [0.5, 0.6) is 0 Å². The maximum Gasteiger partial charge on any atom is 0.289 e. The number of rotatable bonds is 3. The minimum absolute atomic E-state index is 0.0795. The summed E-state index contributed by atoms with van der Waals surface area (Å²) < 4.78 is 24.1. The van der Waals surface area contributed by atoms with Gasteiger partial charge < -0.3 is 13.7 Å². The van der Waals surface area contributed by atoms with Gasteiger partial charge in [-0.1, -0.05) is 0 Å². The lowest BCUT2D eigenvalue weighted by molar-refractivity contribution is 0.0729. The number of hydrogen-bond donors (Lipinski definition) is 0. The molecule has 6 nitrogen and oxygen atoms in total. The van der Waals surface area contributed by atoms with Crippen LogP contribution in [0, 0.1) is 5.82 Å². The third-order valence-corrected chi connectivity index (χ3v) is 4.36. The minimum Gasteiger partial charge on any atom is -0.459 e. The molecule has 0 radical (unpaired) electrons. The van der Waals surface area contributed by atoms with E-state index in [1.54, 1.807) is 23.1 Å². The van der Waals surface area contributed by atoms with Crippen LogP contribution < -0.4 is 0 Å². The van der Waals surface area contributed by atoms with E-state index in [0.717, 1.165) is 19.5 Å². The number of carbonyl (C=O) groups excluding carboxylic acids is 1. The Morgan fingerprint density at radius 2 is 2.12 bits per heavy atom. The van der Waals surface area contributed by atoms with Crippen LogP contribution in [0.1, 0.15) is 22.9 Å². The molecule has 0 spiro atoms. The van der Waals surface area contributed by atoms with Crippen molar-refractivity contribution >= 4 is 17.0 Å². The van der Waals surface area contributed by atoms with Gasteiger partial charge in [-0.25, -0.2) is 9.37 Å². The van der Waals surface area contributed by atoms with Gasteiger partial charge in [0.25, 0.3) is 5.91 Å². The molecule has 2 aromatic heterocycles. The number of aromatic nitrogens is 1. The largest absolute Gasteiger partial charge is 0.459 e. The Morgan fingerprint density at radius 1 is 1.20 bits per heavy atom. The molecule has 0 saturated carbocycles. The highest BCUT2D eigenvalue weighted by Gasteiger charge is 2.22. The molecular formula is C18H18FN3O3. The van der Waals surface area contributed by atoms with E-state index in [1.165, 1.54) is 18.4 Å². The normalized spacial score (nSPS) is 16.3. The van der Waals surface area contributed by atoms with Crippen molar-refractivity contribution in [2.24, 2.45) is 0 Å². The molecule has 1 amide bonds. The molecule has 130 valence electrons. The smallest absolute Gasteiger partial charge is 0.289 e. The zero-order valence-corrected chi connectivity index (χ0v) is 13.7. The van der Waals surface area contributed by atoms with Crippen LogP contribution in [0.2, 0.25) is 0 Å². The lowest BCUT2D eigenvalue weighted by atomic mass is 10.3. The molecule has 3 aromatic rings. The van der Waals surface area contributed by atoms with Gasteiger partial charge in [-0.05, 0) is 30.7 Å². The van der Waals surface area contributed by atoms with Gasteiger partial charge in [0, 0.05) is 32.2 Å². The monoisotopic (exact) mass is 343 g/mol. The van der Waals surface area contributed by atoms with Crippen molar-refractivity contribution in [1.82, 2.24) is 14.8 Å². The van der Waals surface area contributed by atoms with Crippen LogP contribution in [0.4, 0.5) is 4.39 Å². The number of benzene rings is 1. The number of halogens is 1. The van der Waals surface area contributed by atoms with Crippen LogP contribution in [0.3, 0.4) is 0 Å². The third kappa shape index (κ3) is 3.41. The molecule has 1 aliphatic rings. The Kier molecular flexibility index (Phi) is 4.23. The van der Waals surface area contributed by atoms with Gasteiger partial charge in [0.2, 0.25) is 5.89 Å². The molecule has 0 bridgehead atoms. The zero-order chi connectivity index (χ0) is 17.2. The maximum absolute atomic E-state index is 13.3. The summed E-state index contributed by atoms with van der Waals surface area (Å²) in [7, 11) is 0. The van der Waals surface area contributed by atoms with E-state index in [-0.39, 0.29) is 11.7 Å². The van der Waals surface area contributed by atoms with E-state index in [4.69, 9.17) is 8.83 Å². The molecule has 0 unspecified atom stereocenters. The summed E-state index contributed by atoms with van der Waals surface area (Å²) in [6, 6.07) is 7.73. The number of oxazole rings is 1. The van der Waals surface area contributed by atoms with Crippen LogP contribution in [-0.2, 0) is 6.54 Å². The average molecular weight is 343 g/mol. The van der Waals surface area contributed by atoms with E-state index in [2.05, 4.69) is 9.88 Å². The van der Waals surface area contributed by atoms with Crippen LogP contribution in [0.15, 0.2) is 45.4 Å². The van der Waals surface area contributed by atoms with E-state index in [1.807, 2.05) is 0 Å². The van der Waals surface area contributed by atoms with Gasteiger partial charge >= 0.3 is 0 Å². The summed E-state index contributed by atoms with van der Waals surface area (Å²) >= 11 is 0. The first kappa shape index (κ1) is 15.8. The highest BCUT2D eigenvalue weighted by molar-refractivity contribution is 5.91. The van der Waals surface area contributed by atoms with Crippen molar-refractivity contribution in [3.63, 3.8) is 0 Å². The lowest BCUT2D eigenvalue weighted by Crippen LogP contribution is -2.34. The number of furan rings is 1. The average Bonchev–Trinajstić information content (AvgIpc) is 3.20. The Balaban J connectivity index is 1.41. The second-order valence-electron chi connectivity index (χ2n) is 6.12. The highest BCUT2D eigenvalue weighted by Crippen LogP contribution is 2.18. The predicted octanol–water partition coefficient (Wildman–Crippen LogP) is 2.91. The quantitative estimate of drug-likeness (QED) is 0.732. The fourth-order valence-electron chi connectivity index (χ4n) is 3.09. The van der Waals surface area contributed by atoms with Gasteiger partial charge in [0.1, 0.15) is 11.3 Å². The molecule has 1 fully saturated rings. The Morgan fingerprint density at radius 3 is 2.96 bits per heavy atom. The summed E-state index contributed by atoms with van der Waals surface area (Å²) in [6.07, 6.45) is 2.37. The summed E-state index contributed by atoms with van der Waals surface area (Å²) in [5.74, 6) is 0.516. The fourth-order valence-corrected chi connectivity index (χ4v) is 3.09. The van der Waals surface area contributed by atoms with Gasteiger partial charge in [-0.2, -0.15) is 0 Å². The molecule has 0 N–H and O–H groups in total. The summed E-state index contributed by atoms with van der Waals surface area (Å²) in [4.78, 5) is 20.8. The van der Waals surface area contributed by atoms with Crippen LogP contribution in [0.25, 0.3) is 11.1 Å². The van der Waals surface area contributed by atoms with Crippen molar-refractivity contribution in [3.8, 4) is 0 Å². The van der Waals surface area contributed by atoms with Crippen molar-refractivity contribution in [2.75, 3.05) is 26.2 Å². The predicted molar refractivity (Wildman–Crippen MR) is 88.5 cm³/mol. The number of amides is 1. The molecule has 1 aromatic carbocycles. The van der Waals surface area contributed by atoms with Gasteiger partial charge in [0.05, 0.1) is 12.8 Å². The molecule has 7 heteroatoms. The number of carbonyl (C=O) groups is 1. The molecule has 0 atom stereocenters. The number of fused-ring (bicyclic) bond motifs is 1. The van der Waals surface area contributed by atoms with E-state index < -0.39 is 0 Å². The van der Waals surface area contributed by atoms with E-state index in [9.17, 15) is 9.18 Å². The van der Waals surface area contributed by atoms with Crippen LogP contribution >= 0.6 is 0 Å².